The van der Waals surface area contributed by atoms with Gasteiger partial charge in [-0.3, -0.25) is 0 Å². The summed E-state index contributed by atoms with van der Waals surface area (Å²) in [7, 11) is 0. The topological polar surface area (TPSA) is 25.8 Å². The molecule has 3 rings (SSSR count). The van der Waals surface area contributed by atoms with Crippen LogP contribution in [0.3, 0.4) is 0 Å². The first-order valence-electron chi connectivity index (χ1n) is 7.28. The van der Waals surface area contributed by atoms with Gasteiger partial charge in [0.25, 0.3) is 0 Å². The van der Waals surface area contributed by atoms with E-state index < -0.39 is 0 Å². The third-order valence-corrected chi connectivity index (χ3v) is 4.40. The molecule has 1 heterocycles. The minimum absolute atomic E-state index is 0.648. The standard InChI is InChI=1S/C17H19ClN2/c1-11-7-6-8-12(2)15(11)17-19-14-10-5-3-4-9-13(14)16(18)20-17/h6-8H,3-5,9-10H2,1-2H3. The van der Waals surface area contributed by atoms with Crippen molar-refractivity contribution in [1.82, 2.24) is 9.97 Å². The summed E-state index contributed by atoms with van der Waals surface area (Å²) >= 11 is 6.42. The lowest BCUT2D eigenvalue weighted by atomic mass is 10.0. The van der Waals surface area contributed by atoms with Gasteiger partial charge in [0, 0.05) is 16.8 Å². The van der Waals surface area contributed by atoms with Crippen LogP contribution >= 0.6 is 11.6 Å². The summed E-state index contributed by atoms with van der Waals surface area (Å²) in [5.74, 6) is 0.784. The monoisotopic (exact) mass is 286 g/mol. The quantitative estimate of drug-likeness (QED) is 0.562. The van der Waals surface area contributed by atoms with Gasteiger partial charge in [-0.05, 0) is 50.7 Å². The molecule has 2 nitrogen and oxygen atoms in total. The van der Waals surface area contributed by atoms with Crippen LogP contribution in [-0.2, 0) is 12.8 Å². The highest BCUT2D eigenvalue weighted by atomic mass is 35.5. The Kier molecular flexibility index (Phi) is 3.75. The van der Waals surface area contributed by atoms with E-state index in [9.17, 15) is 0 Å². The first-order valence-corrected chi connectivity index (χ1v) is 7.66. The Morgan fingerprint density at radius 3 is 2.40 bits per heavy atom. The number of fused-ring (bicyclic) bond motifs is 1. The molecular weight excluding hydrogens is 268 g/mol. The maximum atomic E-state index is 6.42. The minimum Gasteiger partial charge on any atom is -0.233 e. The summed E-state index contributed by atoms with van der Waals surface area (Å²) in [6.45, 7) is 4.20. The van der Waals surface area contributed by atoms with Gasteiger partial charge in [-0.1, -0.05) is 36.2 Å². The Labute approximate surface area is 125 Å². The summed E-state index contributed by atoms with van der Waals surface area (Å²) in [5, 5.41) is 0.648. The van der Waals surface area contributed by atoms with Crippen LogP contribution in [0.25, 0.3) is 11.4 Å². The first kappa shape index (κ1) is 13.6. The number of aromatic nitrogens is 2. The normalized spacial score (nSPS) is 14.8. The molecule has 0 bridgehead atoms. The van der Waals surface area contributed by atoms with Gasteiger partial charge >= 0.3 is 0 Å². The fourth-order valence-electron chi connectivity index (χ4n) is 3.00. The number of hydrogen-bond acceptors (Lipinski definition) is 2. The predicted molar refractivity (Wildman–Crippen MR) is 83.2 cm³/mol. The van der Waals surface area contributed by atoms with Crippen molar-refractivity contribution in [3.8, 4) is 11.4 Å². The van der Waals surface area contributed by atoms with Crippen molar-refractivity contribution >= 4 is 11.6 Å². The molecule has 1 aliphatic carbocycles. The van der Waals surface area contributed by atoms with Crippen LogP contribution in [-0.4, -0.2) is 9.97 Å². The fraction of sp³-hybridized carbons (Fsp3) is 0.412. The molecule has 104 valence electrons. The lowest BCUT2D eigenvalue weighted by Gasteiger charge is -2.12. The molecule has 1 aromatic heterocycles. The molecule has 0 atom stereocenters. The maximum absolute atomic E-state index is 6.42. The maximum Gasteiger partial charge on any atom is 0.161 e. The van der Waals surface area contributed by atoms with Crippen molar-refractivity contribution in [2.45, 2.75) is 46.0 Å². The van der Waals surface area contributed by atoms with E-state index in [-0.39, 0.29) is 0 Å². The van der Waals surface area contributed by atoms with E-state index in [2.05, 4.69) is 37.0 Å². The Hall–Kier alpha value is -1.41. The van der Waals surface area contributed by atoms with E-state index in [0.717, 1.165) is 29.9 Å². The third-order valence-electron chi connectivity index (χ3n) is 4.09. The second kappa shape index (κ2) is 5.53. The molecular formula is C17H19ClN2. The van der Waals surface area contributed by atoms with Gasteiger partial charge < -0.3 is 0 Å². The molecule has 0 radical (unpaired) electrons. The molecule has 20 heavy (non-hydrogen) atoms. The van der Waals surface area contributed by atoms with Crippen LogP contribution in [0.5, 0.6) is 0 Å². The van der Waals surface area contributed by atoms with Crippen molar-refractivity contribution in [3.63, 3.8) is 0 Å². The summed E-state index contributed by atoms with van der Waals surface area (Å²) in [4.78, 5) is 9.40. The molecule has 1 aromatic carbocycles. The molecule has 0 unspecified atom stereocenters. The summed E-state index contributed by atoms with van der Waals surface area (Å²) in [5.41, 5.74) is 5.85. The molecule has 0 amide bonds. The van der Waals surface area contributed by atoms with Crippen molar-refractivity contribution < 1.29 is 0 Å². The van der Waals surface area contributed by atoms with Crippen LogP contribution in [0.15, 0.2) is 18.2 Å². The molecule has 0 fully saturated rings. The van der Waals surface area contributed by atoms with Gasteiger partial charge in [0.2, 0.25) is 0 Å². The van der Waals surface area contributed by atoms with E-state index >= 15 is 0 Å². The molecule has 0 aliphatic heterocycles. The number of hydrogen-bond donors (Lipinski definition) is 0. The molecule has 0 saturated heterocycles. The summed E-state index contributed by atoms with van der Waals surface area (Å²) in [6.07, 6.45) is 5.69. The Bertz CT molecular complexity index is 629. The van der Waals surface area contributed by atoms with Crippen molar-refractivity contribution in [2.75, 3.05) is 0 Å². The van der Waals surface area contributed by atoms with Crippen LogP contribution < -0.4 is 0 Å². The van der Waals surface area contributed by atoms with Gasteiger partial charge in [-0.2, -0.15) is 0 Å². The van der Waals surface area contributed by atoms with Gasteiger partial charge in [0.1, 0.15) is 5.15 Å². The average Bonchev–Trinajstić information content (AvgIpc) is 2.64. The smallest absolute Gasteiger partial charge is 0.161 e. The second-order valence-electron chi connectivity index (χ2n) is 5.59. The zero-order chi connectivity index (χ0) is 14.1. The largest absolute Gasteiger partial charge is 0.233 e. The third kappa shape index (κ3) is 2.45. The Morgan fingerprint density at radius 1 is 0.950 bits per heavy atom. The van der Waals surface area contributed by atoms with Gasteiger partial charge in [-0.25, -0.2) is 9.97 Å². The van der Waals surface area contributed by atoms with E-state index in [0.29, 0.717) is 5.15 Å². The van der Waals surface area contributed by atoms with Crippen LogP contribution in [0.4, 0.5) is 0 Å². The van der Waals surface area contributed by atoms with Crippen molar-refractivity contribution in [1.29, 1.82) is 0 Å². The number of halogens is 1. The molecule has 0 spiro atoms. The molecule has 1 aliphatic rings. The summed E-state index contributed by atoms with van der Waals surface area (Å²) < 4.78 is 0. The van der Waals surface area contributed by atoms with Gasteiger partial charge in [0.15, 0.2) is 5.82 Å². The van der Waals surface area contributed by atoms with Crippen molar-refractivity contribution in [2.24, 2.45) is 0 Å². The Morgan fingerprint density at radius 2 is 1.65 bits per heavy atom. The van der Waals surface area contributed by atoms with Gasteiger partial charge in [0.05, 0.1) is 0 Å². The predicted octanol–water partition coefficient (Wildman–Crippen LogP) is 4.68. The van der Waals surface area contributed by atoms with E-state index in [1.54, 1.807) is 0 Å². The van der Waals surface area contributed by atoms with Crippen LogP contribution in [0, 0.1) is 13.8 Å². The molecule has 3 heteroatoms. The van der Waals surface area contributed by atoms with Crippen LogP contribution in [0.1, 0.15) is 41.6 Å². The summed E-state index contributed by atoms with van der Waals surface area (Å²) in [6, 6.07) is 6.27. The SMILES string of the molecule is Cc1cccc(C)c1-c1nc(Cl)c2c(n1)CCCCC2. The van der Waals surface area contributed by atoms with Crippen molar-refractivity contribution in [3.05, 3.63) is 45.7 Å². The van der Waals surface area contributed by atoms with Gasteiger partial charge in [-0.15, -0.1) is 0 Å². The highest BCUT2D eigenvalue weighted by molar-refractivity contribution is 6.30. The highest BCUT2D eigenvalue weighted by Gasteiger charge is 2.17. The highest BCUT2D eigenvalue weighted by Crippen LogP contribution is 2.30. The zero-order valence-electron chi connectivity index (χ0n) is 12.0. The number of nitrogens with zero attached hydrogens (tertiary/aromatic N) is 2. The average molecular weight is 287 g/mol. The molecule has 2 aromatic rings. The first-order chi connectivity index (χ1) is 9.66. The lowest BCUT2D eigenvalue weighted by molar-refractivity contribution is 0.709. The number of benzene rings is 1. The molecule has 0 N–H and O–H groups in total. The molecule has 0 saturated carbocycles. The second-order valence-corrected chi connectivity index (χ2v) is 5.95. The fourth-order valence-corrected chi connectivity index (χ4v) is 3.29. The van der Waals surface area contributed by atoms with E-state index in [4.69, 9.17) is 16.6 Å². The number of aryl methyl sites for hydroxylation is 3. The van der Waals surface area contributed by atoms with E-state index in [1.165, 1.54) is 36.0 Å². The Balaban J connectivity index is 2.16. The number of rotatable bonds is 1. The van der Waals surface area contributed by atoms with E-state index in [1.807, 2.05) is 0 Å². The zero-order valence-corrected chi connectivity index (χ0v) is 12.8. The minimum atomic E-state index is 0.648. The van der Waals surface area contributed by atoms with Crippen LogP contribution in [0.2, 0.25) is 5.15 Å². The lowest BCUT2D eigenvalue weighted by Crippen LogP contribution is -2.03.